The molecule has 0 unspecified atom stereocenters. The van der Waals surface area contributed by atoms with Gasteiger partial charge < -0.3 is 9.64 Å². The van der Waals surface area contributed by atoms with Gasteiger partial charge in [-0.2, -0.15) is 5.10 Å². The molecule has 1 saturated heterocycles. The fourth-order valence-electron chi connectivity index (χ4n) is 4.88. The highest BCUT2D eigenvalue weighted by atomic mass is 19.1. The van der Waals surface area contributed by atoms with Gasteiger partial charge in [0.15, 0.2) is 5.69 Å². The number of aromatic nitrogens is 2. The smallest absolute Gasteiger partial charge is 0.274 e. The van der Waals surface area contributed by atoms with Crippen LogP contribution in [0.15, 0.2) is 48.5 Å². The molecule has 1 amide bonds. The van der Waals surface area contributed by atoms with Gasteiger partial charge in [0.05, 0.1) is 12.8 Å². The fraction of sp³-hybridized carbons (Fsp3) is 0.385. The molecule has 2 aliphatic rings. The van der Waals surface area contributed by atoms with Gasteiger partial charge in [-0.1, -0.05) is 12.1 Å². The average Bonchev–Trinajstić information content (AvgIpc) is 3.37. The molecule has 172 valence electrons. The monoisotopic (exact) mass is 448 g/mol. The summed E-state index contributed by atoms with van der Waals surface area (Å²) in [5.41, 5.74) is 4.75. The number of amides is 1. The highest BCUT2D eigenvalue weighted by Crippen LogP contribution is 2.29. The fourth-order valence-corrected chi connectivity index (χ4v) is 4.88. The van der Waals surface area contributed by atoms with Crippen LogP contribution < -0.4 is 4.74 Å². The van der Waals surface area contributed by atoms with Crippen LogP contribution in [-0.2, 0) is 19.4 Å². The minimum absolute atomic E-state index is 0.0142. The molecule has 3 aromatic rings. The van der Waals surface area contributed by atoms with E-state index in [1.165, 1.54) is 17.7 Å². The maximum atomic E-state index is 13.5. The predicted molar refractivity (Wildman–Crippen MR) is 124 cm³/mol. The van der Waals surface area contributed by atoms with E-state index >= 15 is 0 Å². The van der Waals surface area contributed by atoms with Crippen molar-refractivity contribution in [2.24, 2.45) is 0 Å². The number of methoxy groups -OCH3 is 1. The minimum Gasteiger partial charge on any atom is -0.497 e. The van der Waals surface area contributed by atoms with Crippen molar-refractivity contribution in [1.82, 2.24) is 19.6 Å². The zero-order valence-electron chi connectivity index (χ0n) is 19.0. The van der Waals surface area contributed by atoms with Gasteiger partial charge in [-0.05, 0) is 67.6 Å². The number of carbonyl (C=O) groups excluding carboxylic acids is 1. The van der Waals surface area contributed by atoms with E-state index in [0.29, 0.717) is 12.2 Å². The van der Waals surface area contributed by atoms with Crippen molar-refractivity contribution >= 4 is 5.91 Å². The van der Waals surface area contributed by atoms with Crippen LogP contribution in [0.3, 0.4) is 0 Å². The molecule has 0 atom stereocenters. The third-order valence-corrected chi connectivity index (χ3v) is 6.64. The molecule has 0 radical (unpaired) electrons. The Morgan fingerprint density at radius 2 is 1.76 bits per heavy atom. The Morgan fingerprint density at radius 3 is 2.52 bits per heavy atom. The second kappa shape index (κ2) is 9.35. The van der Waals surface area contributed by atoms with E-state index in [-0.39, 0.29) is 11.7 Å². The lowest BCUT2D eigenvalue weighted by atomic mass is 10.2. The quantitative estimate of drug-likeness (QED) is 0.595. The second-order valence-electron chi connectivity index (χ2n) is 8.79. The van der Waals surface area contributed by atoms with Gasteiger partial charge in [-0.25, -0.2) is 9.07 Å². The summed E-state index contributed by atoms with van der Waals surface area (Å²) in [4.78, 5) is 17.9. The van der Waals surface area contributed by atoms with Gasteiger partial charge in [0.25, 0.3) is 5.91 Å². The first-order valence-electron chi connectivity index (χ1n) is 11.6. The second-order valence-corrected chi connectivity index (χ2v) is 8.79. The van der Waals surface area contributed by atoms with Crippen molar-refractivity contribution in [3.05, 3.63) is 76.9 Å². The van der Waals surface area contributed by atoms with Crippen LogP contribution >= 0.6 is 0 Å². The molecule has 1 aliphatic heterocycles. The summed E-state index contributed by atoms with van der Waals surface area (Å²) in [7, 11) is 1.67. The maximum absolute atomic E-state index is 13.5. The van der Waals surface area contributed by atoms with E-state index in [2.05, 4.69) is 17.0 Å². The van der Waals surface area contributed by atoms with Gasteiger partial charge in [0, 0.05) is 44.0 Å². The highest BCUT2D eigenvalue weighted by Gasteiger charge is 2.30. The van der Waals surface area contributed by atoms with Crippen LogP contribution in [0.2, 0.25) is 0 Å². The Morgan fingerprint density at radius 1 is 0.970 bits per heavy atom. The summed E-state index contributed by atoms with van der Waals surface area (Å²) in [6.45, 7) is 4.07. The standard InChI is InChI=1S/C26H29FN4O2/c1-33-22-12-6-19(7-13-22)18-29-14-3-15-30(17-16-29)26(32)25-23-4-2-5-24(23)31(28-25)21-10-8-20(27)9-11-21/h6-13H,2-5,14-18H2,1H3. The molecule has 5 rings (SSSR count). The summed E-state index contributed by atoms with van der Waals surface area (Å²) in [6, 6.07) is 14.5. The molecule has 0 spiro atoms. The Labute approximate surface area is 193 Å². The summed E-state index contributed by atoms with van der Waals surface area (Å²) in [5.74, 6) is 0.599. The van der Waals surface area contributed by atoms with Crippen molar-refractivity contribution in [3.8, 4) is 11.4 Å². The topological polar surface area (TPSA) is 50.6 Å². The Kier molecular flexibility index (Phi) is 6.13. The number of benzene rings is 2. The first-order valence-corrected chi connectivity index (χ1v) is 11.6. The van der Waals surface area contributed by atoms with Gasteiger partial charge >= 0.3 is 0 Å². The van der Waals surface area contributed by atoms with Gasteiger partial charge in [-0.15, -0.1) is 0 Å². The van der Waals surface area contributed by atoms with E-state index in [1.807, 2.05) is 21.7 Å². The third-order valence-electron chi connectivity index (χ3n) is 6.64. The van der Waals surface area contributed by atoms with Crippen LogP contribution in [-0.4, -0.2) is 58.8 Å². The summed E-state index contributed by atoms with van der Waals surface area (Å²) < 4.78 is 20.5. The van der Waals surface area contributed by atoms with Crippen molar-refractivity contribution in [1.29, 1.82) is 0 Å². The molecule has 0 N–H and O–H groups in total. The van der Waals surface area contributed by atoms with E-state index in [4.69, 9.17) is 9.84 Å². The van der Waals surface area contributed by atoms with Crippen molar-refractivity contribution < 1.29 is 13.9 Å². The SMILES string of the molecule is COc1ccc(CN2CCCN(C(=O)c3nn(-c4ccc(F)cc4)c4c3CCC4)CC2)cc1. The Bertz CT molecular complexity index is 1120. The number of hydrogen-bond acceptors (Lipinski definition) is 4. The van der Waals surface area contributed by atoms with Crippen LogP contribution in [0, 0.1) is 5.82 Å². The minimum atomic E-state index is -0.275. The van der Waals surface area contributed by atoms with Crippen molar-refractivity contribution in [3.63, 3.8) is 0 Å². The molecule has 2 heterocycles. The van der Waals surface area contributed by atoms with Gasteiger partial charge in [-0.3, -0.25) is 9.69 Å². The van der Waals surface area contributed by atoms with Crippen LogP contribution in [0.5, 0.6) is 5.75 Å². The number of halogens is 1. The highest BCUT2D eigenvalue weighted by molar-refractivity contribution is 5.94. The number of hydrogen-bond donors (Lipinski definition) is 0. The molecule has 1 aliphatic carbocycles. The van der Waals surface area contributed by atoms with Crippen LogP contribution in [0.25, 0.3) is 5.69 Å². The number of fused-ring (bicyclic) bond motifs is 1. The number of nitrogens with zero attached hydrogens (tertiary/aromatic N) is 4. The average molecular weight is 449 g/mol. The Hall–Kier alpha value is -3.19. The van der Waals surface area contributed by atoms with E-state index in [9.17, 15) is 9.18 Å². The number of carbonyl (C=O) groups is 1. The molecule has 6 nitrogen and oxygen atoms in total. The molecule has 0 saturated carbocycles. The first-order chi connectivity index (χ1) is 16.1. The van der Waals surface area contributed by atoms with Crippen LogP contribution in [0.4, 0.5) is 4.39 Å². The lowest BCUT2D eigenvalue weighted by molar-refractivity contribution is 0.0753. The van der Waals surface area contributed by atoms with Crippen LogP contribution in [0.1, 0.15) is 40.2 Å². The lowest BCUT2D eigenvalue weighted by Crippen LogP contribution is -2.35. The van der Waals surface area contributed by atoms with Crippen molar-refractivity contribution in [2.45, 2.75) is 32.2 Å². The zero-order chi connectivity index (χ0) is 22.8. The molecule has 2 aromatic carbocycles. The van der Waals surface area contributed by atoms with E-state index < -0.39 is 0 Å². The lowest BCUT2D eigenvalue weighted by Gasteiger charge is -2.22. The van der Waals surface area contributed by atoms with E-state index in [0.717, 1.165) is 74.6 Å². The molecule has 1 fully saturated rings. The van der Waals surface area contributed by atoms with Gasteiger partial charge in [0.2, 0.25) is 0 Å². The summed E-state index contributed by atoms with van der Waals surface area (Å²) in [5, 5.41) is 4.72. The molecule has 0 bridgehead atoms. The number of rotatable bonds is 5. The van der Waals surface area contributed by atoms with E-state index in [1.54, 1.807) is 19.2 Å². The largest absolute Gasteiger partial charge is 0.497 e. The predicted octanol–water partition coefficient (Wildman–Crippen LogP) is 3.86. The molecular formula is C26H29FN4O2. The normalized spacial score (nSPS) is 16.5. The summed E-state index contributed by atoms with van der Waals surface area (Å²) >= 11 is 0. The molecule has 1 aromatic heterocycles. The molecule has 7 heteroatoms. The zero-order valence-corrected chi connectivity index (χ0v) is 19.0. The molecular weight excluding hydrogens is 419 g/mol. The Balaban J connectivity index is 1.30. The summed E-state index contributed by atoms with van der Waals surface area (Å²) in [6.07, 6.45) is 3.71. The number of ether oxygens (including phenoxy) is 1. The van der Waals surface area contributed by atoms with Gasteiger partial charge in [0.1, 0.15) is 11.6 Å². The molecule has 33 heavy (non-hydrogen) atoms. The maximum Gasteiger partial charge on any atom is 0.274 e. The first kappa shape index (κ1) is 21.6. The third kappa shape index (κ3) is 4.50. The van der Waals surface area contributed by atoms with Crippen molar-refractivity contribution in [2.75, 3.05) is 33.3 Å².